The second-order valence-corrected chi connectivity index (χ2v) is 5.61. The number of carbonyl (C=O) groups is 2. The first kappa shape index (κ1) is 12.5. The van der Waals surface area contributed by atoms with E-state index in [1.165, 1.54) is 0 Å². The fourth-order valence-electron chi connectivity index (χ4n) is 2.81. The normalized spacial score (nSPS) is 26.8. The quantitative estimate of drug-likeness (QED) is 0.925. The molecule has 1 saturated carbocycles. The fraction of sp³-hybridized carbons (Fsp3) is 0.429. The summed E-state index contributed by atoms with van der Waals surface area (Å²) in [6.07, 6.45) is 2.05. The number of nitrogens with zero attached hydrogens (tertiary/aromatic N) is 1. The number of carboxylic acids is 1. The average molecular weight is 280 g/mol. The lowest BCUT2D eigenvalue weighted by Crippen LogP contribution is -2.32. The summed E-state index contributed by atoms with van der Waals surface area (Å²) in [7, 11) is 0. The Morgan fingerprint density at radius 1 is 1.26 bits per heavy atom. The molecule has 19 heavy (non-hydrogen) atoms. The van der Waals surface area contributed by atoms with E-state index in [2.05, 4.69) is 0 Å². The summed E-state index contributed by atoms with van der Waals surface area (Å²) in [5.74, 6) is -1.61. The van der Waals surface area contributed by atoms with Crippen molar-refractivity contribution in [2.75, 3.05) is 0 Å². The van der Waals surface area contributed by atoms with E-state index in [1.54, 1.807) is 17.0 Å². The van der Waals surface area contributed by atoms with Crippen LogP contribution in [0.25, 0.3) is 0 Å². The number of rotatable bonds is 3. The maximum Gasteiger partial charge on any atom is 0.309 e. The van der Waals surface area contributed by atoms with Crippen LogP contribution in [0.1, 0.15) is 30.9 Å². The Labute approximate surface area is 116 Å². The molecule has 0 spiro atoms. The van der Waals surface area contributed by atoms with Crippen molar-refractivity contribution < 1.29 is 14.7 Å². The number of aliphatic carboxylic acids is 1. The molecule has 2 aliphatic rings. The third-order valence-electron chi connectivity index (χ3n) is 3.83. The van der Waals surface area contributed by atoms with Gasteiger partial charge in [0.25, 0.3) is 0 Å². The Balaban J connectivity index is 1.98. The molecule has 1 aromatic rings. The first-order chi connectivity index (χ1) is 9.08. The van der Waals surface area contributed by atoms with E-state index >= 15 is 0 Å². The Morgan fingerprint density at radius 3 is 2.42 bits per heavy atom. The van der Waals surface area contributed by atoms with Crippen molar-refractivity contribution in [1.29, 1.82) is 0 Å². The number of carboxylic acid groups (broad SMARTS) is 1. The lowest BCUT2D eigenvalue weighted by atomic mass is 9.94. The van der Waals surface area contributed by atoms with Crippen LogP contribution < -0.4 is 0 Å². The number of carbonyl (C=O) groups excluding carboxylic acids is 1. The Hall–Kier alpha value is -1.55. The second kappa shape index (κ2) is 4.53. The molecule has 3 rings (SSSR count). The van der Waals surface area contributed by atoms with Gasteiger partial charge in [-0.05, 0) is 30.5 Å². The lowest BCUT2D eigenvalue weighted by molar-refractivity contribution is -0.142. The highest BCUT2D eigenvalue weighted by Gasteiger charge is 2.49. The van der Waals surface area contributed by atoms with Gasteiger partial charge in [0, 0.05) is 17.5 Å². The van der Waals surface area contributed by atoms with Crippen molar-refractivity contribution >= 4 is 23.5 Å². The third-order valence-corrected chi connectivity index (χ3v) is 4.08. The molecule has 0 bridgehead atoms. The molecule has 1 heterocycles. The van der Waals surface area contributed by atoms with Crippen LogP contribution in [0.5, 0.6) is 0 Å². The summed E-state index contributed by atoms with van der Waals surface area (Å²) >= 11 is 5.86. The zero-order chi connectivity index (χ0) is 13.6. The topological polar surface area (TPSA) is 57.6 Å². The number of halogens is 1. The minimum absolute atomic E-state index is 0.0464. The molecule has 4 nitrogen and oxygen atoms in total. The average Bonchev–Trinajstić information content (AvgIpc) is 3.14. The number of hydrogen-bond acceptors (Lipinski definition) is 2. The molecule has 1 saturated heterocycles. The fourth-order valence-corrected chi connectivity index (χ4v) is 2.94. The van der Waals surface area contributed by atoms with Gasteiger partial charge in [-0.25, -0.2) is 0 Å². The smallest absolute Gasteiger partial charge is 0.309 e. The highest BCUT2D eigenvalue weighted by atomic mass is 35.5. The van der Waals surface area contributed by atoms with Gasteiger partial charge in [-0.15, -0.1) is 0 Å². The highest BCUT2D eigenvalue weighted by Crippen LogP contribution is 2.45. The van der Waals surface area contributed by atoms with E-state index in [4.69, 9.17) is 11.6 Å². The number of likely N-dealkylation sites (tertiary alicyclic amines) is 1. The summed E-state index contributed by atoms with van der Waals surface area (Å²) < 4.78 is 0. The Kier molecular flexibility index (Phi) is 2.97. The molecule has 1 amide bonds. The molecule has 1 aliphatic carbocycles. The minimum Gasteiger partial charge on any atom is -0.481 e. The molecule has 1 N–H and O–H groups in total. The van der Waals surface area contributed by atoms with Crippen LogP contribution in [0.4, 0.5) is 0 Å². The highest BCUT2D eigenvalue weighted by molar-refractivity contribution is 6.30. The zero-order valence-corrected chi connectivity index (χ0v) is 11.0. The molecule has 5 heteroatoms. The van der Waals surface area contributed by atoms with Crippen molar-refractivity contribution in [1.82, 2.24) is 4.90 Å². The summed E-state index contributed by atoms with van der Waals surface area (Å²) in [6, 6.07) is 6.98. The summed E-state index contributed by atoms with van der Waals surface area (Å²) in [5.41, 5.74) is 0.856. The van der Waals surface area contributed by atoms with Gasteiger partial charge in [-0.3, -0.25) is 9.59 Å². The van der Waals surface area contributed by atoms with Crippen molar-refractivity contribution in [2.45, 2.75) is 31.3 Å². The van der Waals surface area contributed by atoms with Crippen molar-refractivity contribution in [3.05, 3.63) is 34.9 Å². The van der Waals surface area contributed by atoms with Gasteiger partial charge in [0.05, 0.1) is 12.0 Å². The van der Waals surface area contributed by atoms with Gasteiger partial charge in [0.2, 0.25) is 5.91 Å². The predicted octanol–water partition coefficient (Wildman–Crippen LogP) is 2.48. The van der Waals surface area contributed by atoms with Gasteiger partial charge < -0.3 is 10.0 Å². The monoisotopic (exact) mass is 279 g/mol. The third kappa shape index (κ3) is 2.21. The van der Waals surface area contributed by atoms with Crippen LogP contribution >= 0.6 is 11.6 Å². The van der Waals surface area contributed by atoms with Gasteiger partial charge in [0.15, 0.2) is 0 Å². The molecular formula is C14H14ClNO3. The van der Waals surface area contributed by atoms with Crippen LogP contribution in [0, 0.1) is 5.92 Å². The molecule has 2 unspecified atom stereocenters. The predicted molar refractivity (Wildman–Crippen MR) is 69.8 cm³/mol. The zero-order valence-electron chi connectivity index (χ0n) is 10.3. The molecule has 1 aromatic carbocycles. The van der Waals surface area contributed by atoms with Crippen LogP contribution in [-0.4, -0.2) is 27.9 Å². The van der Waals surface area contributed by atoms with E-state index in [0.29, 0.717) is 5.02 Å². The van der Waals surface area contributed by atoms with Crippen molar-refractivity contribution in [3.63, 3.8) is 0 Å². The first-order valence-electron chi connectivity index (χ1n) is 6.37. The van der Waals surface area contributed by atoms with E-state index in [9.17, 15) is 14.7 Å². The largest absolute Gasteiger partial charge is 0.481 e. The molecular weight excluding hydrogens is 266 g/mol. The molecule has 100 valence electrons. The van der Waals surface area contributed by atoms with E-state index < -0.39 is 11.9 Å². The molecule has 2 fully saturated rings. The molecule has 1 aliphatic heterocycles. The van der Waals surface area contributed by atoms with Crippen molar-refractivity contribution in [3.8, 4) is 0 Å². The maximum atomic E-state index is 12.1. The lowest BCUT2D eigenvalue weighted by Gasteiger charge is -2.27. The van der Waals surface area contributed by atoms with Gasteiger partial charge in [0.1, 0.15) is 0 Å². The molecule has 0 aromatic heterocycles. The van der Waals surface area contributed by atoms with Crippen LogP contribution in [0.15, 0.2) is 24.3 Å². The van der Waals surface area contributed by atoms with Crippen LogP contribution in [0.3, 0.4) is 0 Å². The number of amides is 1. The summed E-state index contributed by atoms with van der Waals surface area (Å²) in [5, 5.41) is 9.94. The Morgan fingerprint density at radius 2 is 1.89 bits per heavy atom. The van der Waals surface area contributed by atoms with Gasteiger partial charge >= 0.3 is 5.97 Å². The van der Waals surface area contributed by atoms with Gasteiger partial charge in [-0.1, -0.05) is 23.7 Å². The molecule has 0 radical (unpaired) electrons. The Bertz CT molecular complexity index is 524. The standard InChI is InChI=1S/C14H14ClNO3/c15-9-3-1-8(2-4-9)13-11(14(18)19)7-12(17)16(13)10-5-6-10/h1-4,10-11,13H,5-7H2,(H,18,19). The first-order valence-corrected chi connectivity index (χ1v) is 6.75. The summed E-state index contributed by atoms with van der Waals surface area (Å²) in [4.78, 5) is 25.2. The van der Waals surface area contributed by atoms with Crippen LogP contribution in [0.2, 0.25) is 5.02 Å². The molecule has 2 atom stereocenters. The minimum atomic E-state index is -0.906. The second-order valence-electron chi connectivity index (χ2n) is 5.18. The van der Waals surface area contributed by atoms with E-state index in [0.717, 1.165) is 18.4 Å². The van der Waals surface area contributed by atoms with Gasteiger partial charge in [-0.2, -0.15) is 0 Å². The number of benzene rings is 1. The number of hydrogen-bond donors (Lipinski definition) is 1. The summed E-state index contributed by atoms with van der Waals surface area (Å²) in [6.45, 7) is 0. The SMILES string of the molecule is O=C(O)C1CC(=O)N(C2CC2)C1c1ccc(Cl)cc1. The van der Waals surface area contributed by atoms with E-state index in [-0.39, 0.29) is 24.4 Å². The van der Waals surface area contributed by atoms with E-state index in [1.807, 2.05) is 12.1 Å². The maximum absolute atomic E-state index is 12.1. The van der Waals surface area contributed by atoms with Crippen molar-refractivity contribution in [2.24, 2.45) is 5.92 Å². The van der Waals surface area contributed by atoms with Crippen LogP contribution in [-0.2, 0) is 9.59 Å².